The van der Waals surface area contributed by atoms with Gasteiger partial charge < -0.3 is 4.74 Å². The van der Waals surface area contributed by atoms with E-state index < -0.39 is 34.2 Å². The Bertz CT molecular complexity index is 922. The van der Waals surface area contributed by atoms with Gasteiger partial charge in [0.15, 0.2) is 16.4 Å². The number of carbonyl (C=O) groups is 3. The lowest BCUT2D eigenvalue weighted by Gasteiger charge is -2.07. The molecule has 0 aliphatic carbocycles. The summed E-state index contributed by atoms with van der Waals surface area (Å²) in [6.07, 6.45) is 0.951. The summed E-state index contributed by atoms with van der Waals surface area (Å²) >= 11 is 6.95. The first-order valence-corrected chi connectivity index (χ1v) is 9.88. The molecule has 0 spiro atoms. The number of benzene rings is 1. The van der Waals surface area contributed by atoms with Crippen LogP contribution in [-0.4, -0.2) is 39.1 Å². The monoisotopic (exact) mass is 401 g/mol. The Morgan fingerprint density at radius 3 is 2.56 bits per heavy atom. The molecule has 1 N–H and O–H groups in total. The fraction of sp³-hybridized carbons (Fsp3) is 0.133. The largest absolute Gasteiger partial charge is 0.452 e. The standard InChI is InChI=1S/C15H12ClNO6S2/c1-25(21,22)12-7-9(4-5-10(12)16)15(20)23-8-13(18)17-14(19)11-3-2-6-24-11/h2-7H,8H2,1H3,(H,17,18,19). The van der Waals surface area contributed by atoms with Gasteiger partial charge in [0.2, 0.25) is 0 Å². The Kier molecular flexibility index (Phi) is 5.93. The molecule has 2 amide bonds. The van der Waals surface area contributed by atoms with E-state index in [1.54, 1.807) is 17.5 Å². The van der Waals surface area contributed by atoms with Crippen molar-refractivity contribution in [1.82, 2.24) is 5.32 Å². The summed E-state index contributed by atoms with van der Waals surface area (Å²) in [7, 11) is -3.62. The predicted octanol–water partition coefficient (Wildman–Crippen LogP) is 1.92. The van der Waals surface area contributed by atoms with Crippen molar-refractivity contribution >= 4 is 50.6 Å². The molecule has 0 radical (unpaired) electrons. The van der Waals surface area contributed by atoms with E-state index in [1.165, 1.54) is 12.1 Å². The van der Waals surface area contributed by atoms with Gasteiger partial charge in [0.05, 0.1) is 20.4 Å². The Labute approximate surface area is 152 Å². The molecule has 10 heteroatoms. The Morgan fingerprint density at radius 2 is 1.96 bits per heavy atom. The van der Waals surface area contributed by atoms with Crippen molar-refractivity contribution in [1.29, 1.82) is 0 Å². The normalized spacial score (nSPS) is 11.0. The first-order chi connectivity index (χ1) is 11.7. The smallest absolute Gasteiger partial charge is 0.338 e. The summed E-state index contributed by atoms with van der Waals surface area (Å²) in [5.74, 6) is -2.31. The Hall–Kier alpha value is -2.23. The maximum atomic E-state index is 11.9. The summed E-state index contributed by atoms with van der Waals surface area (Å²) < 4.78 is 28.0. The van der Waals surface area contributed by atoms with Crippen LogP contribution in [0.2, 0.25) is 5.02 Å². The first kappa shape index (κ1) is 19.1. The summed E-state index contributed by atoms with van der Waals surface area (Å²) in [5, 5.41) is 3.72. The predicted molar refractivity (Wildman–Crippen MR) is 91.6 cm³/mol. The van der Waals surface area contributed by atoms with Gasteiger partial charge >= 0.3 is 5.97 Å². The number of ether oxygens (including phenoxy) is 1. The zero-order chi connectivity index (χ0) is 18.6. The van der Waals surface area contributed by atoms with Crippen molar-refractivity contribution in [3.05, 3.63) is 51.2 Å². The lowest BCUT2D eigenvalue weighted by Crippen LogP contribution is -2.33. The first-order valence-electron chi connectivity index (χ1n) is 6.73. The van der Waals surface area contributed by atoms with Crippen molar-refractivity contribution in [2.24, 2.45) is 0 Å². The van der Waals surface area contributed by atoms with E-state index in [4.69, 9.17) is 16.3 Å². The van der Waals surface area contributed by atoms with Gasteiger partial charge in [0.1, 0.15) is 0 Å². The van der Waals surface area contributed by atoms with Crippen molar-refractivity contribution in [2.45, 2.75) is 4.90 Å². The molecule has 0 fully saturated rings. The number of amides is 2. The molecule has 1 heterocycles. The maximum Gasteiger partial charge on any atom is 0.338 e. The molecule has 0 aliphatic heterocycles. The molecule has 0 bridgehead atoms. The highest BCUT2D eigenvalue weighted by Gasteiger charge is 2.18. The van der Waals surface area contributed by atoms with Crippen LogP contribution in [0, 0.1) is 0 Å². The van der Waals surface area contributed by atoms with E-state index in [2.05, 4.69) is 5.32 Å². The molecular formula is C15H12ClNO6S2. The summed E-state index contributed by atoms with van der Waals surface area (Å²) in [4.78, 5) is 35.4. The number of carbonyl (C=O) groups excluding carboxylic acids is 3. The lowest BCUT2D eigenvalue weighted by molar-refractivity contribution is -0.123. The third kappa shape index (κ3) is 5.12. The Morgan fingerprint density at radius 1 is 1.24 bits per heavy atom. The highest BCUT2D eigenvalue weighted by molar-refractivity contribution is 7.90. The van der Waals surface area contributed by atoms with Crippen LogP contribution in [0.3, 0.4) is 0 Å². The molecule has 1 aromatic carbocycles. The Balaban J connectivity index is 1.98. The summed E-state index contributed by atoms with van der Waals surface area (Å²) in [6, 6.07) is 6.78. The molecule has 0 saturated carbocycles. The quantitative estimate of drug-likeness (QED) is 0.767. The van der Waals surface area contributed by atoms with Gasteiger partial charge in [-0.2, -0.15) is 0 Å². The van der Waals surface area contributed by atoms with Crippen LogP contribution in [0.25, 0.3) is 0 Å². The van der Waals surface area contributed by atoms with Gasteiger partial charge in [-0.05, 0) is 29.6 Å². The number of hydrogen-bond donors (Lipinski definition) is 1. The lowest BCUT2D eigenvalue weighted by atomic mass is 10.2. The molecule has 132 valence electrons. The number of halogens is 1. The number of esters is 1. The van der Waals surface area contributed by atoms with E-state index in [0.717, 1.165) is 23.7 Å². The molecule has 2 aromatic rings. The van der Waals surface area contributed by atoms with Gasteiger partial charge in [0.25, 0.3) is 11.8 Å². The second kappa shape index (κ2) is 7.77. The number of thiophene rings is 1. The van der Waals surface area contributed by atoms with Gasteiger partial charge in [0, 0.05) is 6.26 Å². The topological polar surface area (TPSA) is 107 Å². The van der Waals surface area contributed by atoms with Gasteiger partial charge in [-0.25, -0.2) is 13.2 Å². The van der Waals surface area contributed by atoms with Crippen LogP contribution < -0.4 is 5.32 Å². The minimum Gasteiger partial charge on any atom is -0.452 e. The second-order valence-corrected chi connectivity index (χ2v) is 8.19. The highest BCUT2D eigenvalue weighted by Crippen LogP contribution is 2.22. The van der Waals surface area contributed by atoms with Crippen molar-refractivity contribution in [3.8, 4) is 0 Å². The average Bonchev–Trinajstić information content (AvgIpc) is 3.06. The fourth-order valence-corrected chi connectivity index (χ4v) is 3.68. The molecule has 1 aromatic heterocycles. The maximum absolute atomic E-state index is 11.9. The minimum atomic E-state index is -3.62. The molecule has 0 aliphatic rings. The second-order valence-electron chi connectivity index (χ2n) is 4.85. The fourth-order valence-electron chi connectivity index (χ4n) is 1.76. The zero-order valence-electron chi connectivity index (χ0n) is 12.8. The van der Waals surface area contributed by atoms with Crippen LogP contribution in [0.15, 0.2) is 40.6 Å². The van der Waals surface area contributed by atoms with E-state index >= 15 is 0 Å². The number of rotatable bonds is 5. The van der Waals surface area contributed by atoms with E-state index in [9.17, 15) is 22.8 Å². The zero-order valence-corrected chi connectivity index (χ0v) is 15.2. The van der Waals surface area contributed by atoms with Crippen LogP contribution in [0.5, 0.6) is 0 Å². The summed E-state index contributed by atoms with van der Waals surface area (Å²) in [5.41, 5.74) is -0.0813. The van der Waals surface area contributed by atoms with Gasteiger partial charge in [-0.3, -0.25) is 14.9 Å². The van der Waals surface area contributed by atoms with E-state index in [0.29, 0.717) is 4.88 Å². The van der Waals surface area contributed by atoms with Crippen LogP contribution in [-0.2, 0) is 19.4 Å². The molecular weight excluding hydrogens is 390 g/mol. The molecule has 0 atom stereocenters. The number of sulfone groups is 1. The van der Waals surface area contributed by atoms with Crippen molar-refractivity contribution in [3.63, 3.8) is 0 Å². The number of imide groups is 1. The van der Waals surface area contributed by atoms with Crippen molar-refractivity contribution in [2.75, 3.05) is 12.9 Å². The molecule has 25 heavy (non-hydrogen) atoms. The van der Waals surface area contributed by atoms with Gasteiger partial charge in [-0.15, -0.1) is 11.3 Å². The number of nitrogens with one attached hydrogen (secondary N) is 1. The molecule has 7 nitrogen and oxygen atoms in total. The van der Waals surface area contributed by atoms with Crippen molar-refractivity contribution < 1.29 is 27.5 Å². The van der Waals surface area contributed by atoms with Crippen LogP contribution >= 0.6 is 22.9 Å². The average molecular weight is 402 g/mol. The third-order valence-corrected chi connectivity index (χ3v) is 5.35. The van der Waals surface area contributed by atoms with E-state index in [1.807, 2.05) is 0 Å². The summed E-state index contributed by atoms with van der Waals surface area (Å²) in [6.45, 7) is -0.688. The molecule has 0 saturated heterocycles. The minimum absolute atomic E-state index is 0.0293. The molecule has 2 rings (SSSR count). The van der Waals surface area contributed by atoms with E-state index in [-0.39, 0.29) is 15.5 Å². The van der Waals surface area contributed by atoms with Gasteiger partial charge in [-0.1, -0.05) is 17.7 Å². The SMILES string of the molecule is CS(=O)(=O)c1cc(C(=O)OCC(=O)NC(=O)c2cccs2)ccc1Cl. The third-order valence-electron chi connectivity index (χ3n) is 2.90. The van der Waals surface area contributed by atoms with Crippen LogP contribution in [0.1, 0.15) is 20.0 Å². The number of hydrogen-bond acceptors (Lipinski definition) is 7. The highest BCUT2D eigenvalue weighted by atomic mass is 35.5. The molecule has 0 unspecified atom stereocenters. The van der Waals surface area contributed by atoms with Crippen LogP contribution in [0.4, 0.5) is 0 Å².